The van der Waals surface area contributed by atoms with Crippen molar-refractivity contribution in [3.63, 3.8) is 0 Å². The zero-order chi connectivity index (χ0) is 24.7. The van der Waals surface area contributed by atoms with Gasteiger partial charge in [-0.25, -0.2) is 8.77 Å². The maximum Gasteiger partial charge on any atom is 0.410 e. The van der Waals surface area contributed by atoms with Gasteiger partial charge in [-0.05, 0) is 50.6 Å². The van der Waals surface area contributed by atoms with Gasteiger partial charge in [-0.2, -0.15) is 8.42 Å². The molecule has 0 aliphatic carbocycles. The monoisotopic (exact) mass is 500 g/mol. The SMILES string of the molecule is CN(Cc1cc(-c2cccc(Cl)c2)n(S(=O)(=O)c2cc3ccccc3o2)c1)C(=O)OC(C)(C)C. The Morgan fingerprint density at radius 3 is 2.50 bits per heavy atom. The van der Waals surface area contributed by atoms with Gasteiger partial charge in [-0.15, -0.1) is 0 Å². The van der Waals surface area contributed by atoms with E-state index in [0.717, 1.165) is 3.97 Å². The van der Waals surface area contributed by atoms with E-state index < -0.39 is 21.7 Å². The Labute approximate surface area is 203 Å². The van der Waals surface area contributed by atoms with Gasteiger partial charge in [0.15, 0.2) is 0 Å². The van der Waals surface area contributed by atoms with Crippen LogP contribution in [0.25, 0.3) is 22.2 Å². The highest BCUT2D eigenvalue weighted by atomic mass is 35.5. The number of hydrogen-bond acceptors (Lipinski definition) is 5. The molecular weight excluding hydrogens is 476 g/mol. The minimum Gasteiger partial charge on any atom is -0.444 e. The molecule has 0 atom stereocenters. The summed E-state index contributed by atoms with van der Waals surface area (Å²) in [4.78, 5) is 13.8. The Morgan fingerprint density at radius 1 is 1.09 bits per heavy atom. The number of benzene rings is 2. The summed E-state index contributed by atoms with van der Waals surface area (Å²) >= 11 is 6.18. The van der Waals surface area contributed by atoms with E-state index in [1.165, 1.54) is 17.2 Å². The lowest BCUT2D eigenvalue weighted by Gasteiger charge is -2.24. The predicted octanol–water partition coefficient (Wildman–Crippen LogP) is 6.16. The molecule has 1 amide bonds. The second kappa shape index (κ2) is 8.85. The first-order valence-corrected chi connectivity index (χ1v) is 12.4. The lowest BCUT2D eigenvalue weighted by Crippen LogP contribution is -2.33. The average Bonchev–Trinajstić information content (AvgIpc) is 3.37. The summed E-state index contributed by atoms with van der Waals surface area (Å²) in [7, 11) is -2.49. The molecule has 0 spiro atoms. The number of carbonyl (C=O) groups is 1. The highest BCUT2D eigenvalue weighted by Gasteiger charge is 2.27. The average molecular weight is 501 g/mol. The highest BCUT2D eigenvalue weighted by Crippen LogP contribution is 2.31. The number of halogens is 1. The van der Waals surface area contributed by atoms with E-state index in [1.807, 2.05) is 6.07 Å². The van der Waals surface area contributed by atoms with Crippen molar-refractivity contribution in [2.75, 3.05) is 7.05 Å². The normalized spacial score (nSPS) is 12.1. The Morgan fingerprint density at radius 2 is 1.82 bits per heavy atom. The zero-order valence-corrected chi connectivity index (χ0v) is 20.9. The van der Waals surface area contributed by atoms with Gasteiger partial charge in [0.2, 0.25) is 5.09 Å². The molecule has 0 saturated heterocycles. The summed E-state index contributed by atoms with van der Waals surface area (Å²) in [5.41, 5.74) is 1.44. The fraction of sp³-hybridized carbons (Fsp3) is 0.240. The fourth-order valence-corrected chi connectivity index (χ4v) is 5.05. The number of amides is 1. The molecule has 2 heterocycles. The fourth-order valence-electron chi connectivity index (χ4n) is 3.50. The summed E-state index contributed by atoms with van der Waals surface area (Å²) in [5, 5.41) is 0.973. The van der Waals surface area contributed by atoms with Gasteiger partial charge in [0, 0.05) is 35.3 Å². The zero-order valence-electron chi connectivity index (χ0n) is 19.3. The number of para-hydroxylation sites is 1. The van der Waals surface area contributed by atoms with Gasteiger partial charge in [0.1, 0.15) is 11.2 Å². The summed E-state index contributed by atoms with van der Waals surface area (Å²) < 4.78 is 39.5. The van der Waals surface area contributed by atoms with E-state index in [4.69, 9.17) is 20.8 Å². The summed E-state index contributed by atoms with van der Waals surface area (Å²) in [6, 6.07) is 17.2. The van der Waals surface area contributed by atoms with Crippen molar-refractivity contribution in [2.24, 2.45) is 0 Å². The topological polar surface area (TPSA) is 81.8 Å². The first-order valence-electron chi connectivity index (χ1n) is 10.6. The van der Waals surface area contributed by atoms with Crippen LogP contribution in [-0.2, 0) is 21.3 Å². The molecule has 34 heavy (non-hydrogen) atoms. The standard InChI is InChI=1S/C25H25ClN2O5S/c1-25(2,3)33-24(29)27(4)15-17-12-21(18-9-7-10-20(26)13-18)28(16-17)34(30,31)23-14-19-8-5-6-11-22(19)32-23/h5-14,16H,15H2,1-4H3. The van der Waals surface area contributed by atoms with Crippen molar-refractivity contribution in [3.05, 3.63) is 77.4 Å². The second-order valence-electron chi connectivity index (χ2n) is 8.98. The third-order valence-corrected chi connectivity index (χ3v) is 6.77. The quantitative estimate of drug-likeness (QED) is 0.328. The van der Waals surface area contributed by atoms with E-state index >= 15 is 0 Å². The maximum atomic E-state index is 13.6. The van der Waals surface area contributed by atoms with E-state index in [2.05, 4.69) is 0 Å². The second-order valence-corrected chi connectivity index (χ2v) is 11.2. The summed E-state index contributed by atoms with van der Waals surface area (Å²) in [5.74, 6) is 0. The van der Waals surface area contributed by atoms with Crippen LogP contribution in [0.15, 0.2) is 76.4 Å². The number of fused-ring (bicyclic) bond motifs is 1. The first kappa shape index (κ1) is 23.9. The van der Waals surface area contributed by atoms with Crippen LogP contribution >= 0.6 is 11.6 Å². The molecule has 178 valence electrons. The molecule has 9 heteroatoms. The minimum absolute atomic E-state index is 0.144. The van der Waals surface area contributed by atoms with Crippen molar-refractivity contribution >= 4 is 38.7 Å². The van der Waals surface area contributed by atoms with E-state index in [9.17, 15) is 13.2 Å². The van der Waals surface area contributed by atoms with Crippen LogP contribution in [0.3, 0.4) is 0 Å². The molecule has 0 radical (unpaired) electrons. The number of hydrogen-bond donors (Lipinski definition) is 0. The van der Waals surface area contributed by atoms with Gasteiger partial charge in [-0.3, -0.25) is 0 Å². The first-order chi connectivity index (χ1) is 15.9. The van der Waals surface area contributed by atoms with E-state index in [0.29, 0.717) is 32.8 Å². The Balaban J connectivity index is 1.77. The largest absolute Gasteiger partial charge is 0.444 e. The molecule has 0 bridgehead atoms. The van der Waals surface area contributed by atoms with Gasteiger partial charge >= 0.3 is 16.1 Å². The van der Waals surface area contributed by atoms with Crippen molar-refractivity contribution in [1.29, 1.82) is 0 Å². The number of nitrogens with zero attached hydrogens (tertiary/aromatic N) is 2. The van der Waals surface area contributed by atoms with Crippen LogP contribution in [0.2, 0.25) is 5.02 Å². The molecule has 2 aromatic carbocycles. The molecule has 2 aromatic heterocycles. The van der Waals surface area contributed by atoms with Crippen molar-refractivity contribution in [1.82, 2.24) is 8.87 Å². The molecule has 0 fully saturated rings. The van der Waals surface area contributed by atoms with Crippen LogP contribution in [0, 0.1) is 0 Å². The summed E-state index contributed by atoms with van der Waals surface area (Å²) in [6.45, 7) is 5.50. The maximum absolute atomic E-state index is 13.6. The lowest BCUT2D eigenvalue weighted by atomic mass is 10.1. The molecule has 7 nitrogen and oxygen atoms in total. The number of furan rings is 1. The molecule has 0 aliphatic heterocycles. The van der Waals surface area contributed by atoms with Gasteiger partial charge in [0.25, 0.3) is 0 Å². The van der Waals surface area contributed by atoms with Gasteiger partial charge < -0.3 is 14.1 Å². The van der Waals surface area contributed by atoms with Gasteiger partial charge in [0.05, 0.1) is 12.2 Å². The van der Waals surface area contributed by atoms with Crippen molar-refractivity contribution < 1.29 is 22.4 Å². The highest BCUT2D eigenvalue weighted by molar-refractivity contribution is 7.89. The van der Waals surface area contributed by atoms with Crippen LogP contribution in [0.5, 0.6) is 0 Å². The molecular formula is C25H25ClN2O5S. The number of rotatable bonds is 5. The van der Waals surface area contributed by atoms with Crippen LogP contribution < -0.4 is 0 Å². The molecule has 0 saturated carbocycles. The Bertz CT molecular complexity index is 1430. The van der Waals surface area contributed by atoms with Crippen LogP contribution in [-0.4, -0.2) is 36.0 Å². The van der Waals surface area contributed by atoms with Crippen LogP contribution in [0.4, 0.5) is 4.79 Å². The van der Waals surface area contributed by atoms with E-state index in [-0.39, 0.29) is 11.6 Å². The number of aromatic nitrogens is 1. The molecule has 0 N–H and O–H groups in total. The molecule has 0 unspecified atom stereocenters. The third-order valence-electron chi connectivity index (χ3n) is 5.00. The van der Waals surface area contributed by atoms with Gasteiger partial charge in [-0.1, -0.05) is 41.9 Å². The smallest absolute Gasteiger partial charge is 0.410 e. The van der Waals surface area contributed by atoms with Crippen molar-refractivity contribution in [2.45, 2.75) is 38.0 Å². The van der Waals surface area contributed by atoms with Crippen LogP contribution in [0.1, 0.15) is 26.3 Å². The lowest BCUT2D eigenvalue weighted by molar-refractivity contribution is 0.0285. The van der Waals surface area contributed by atoms with E-state index in [1.54, 1.807) is 76.3 Å². The molecule has 4 rings (SSSR count). The third kappa shape index (κ3) is 4.98. The number of ether oxygens (including phenoxy) is 1. The Kier molecular flexibility index (Phi) is 6.22. The predicted molar refractivity (Wildman–Crippen MR) is 131 cm³/mol. The molecule has 4 aromatic rings. The minimum atomic E-state index is -4.08. The molecule has 0 aliphatic rings. The summed E-state index contributed by atoms with van der Waals surface area (Å²) in [6.07, 6.45) is 0.976. The number of carbonyl (C=O) groups excluding carboxylic acids is 1. The Hall–Kier alpha value is -3.23. The van der Waals surface area contributed by atoms with Crippen molar-refractivity contribution in [3.8, 4) is 11.3 Å².